The normalized spacial score (nSPS) is 36.9. The van der Waals surface area contributed by atoms with Crippen molar-refractivity contribution < 1.29 is 18.0 Å². The van der Waals surface area contributed by atoms with E-state index < -0.39 is 24.2 Å². The summed E-state index contributed by atoms with van der Waals surface area (Å²) >= 11 is 0. The fourth-order valence-electron chi connectivity index (χ4n) is 3.17. The zero-order valence-electron chi connectivity index (χ0n) is 10.3. The van der Waals surface area contributed by atoms with Gasteiger partial charge in [-0.1, -0.05) is 0 Å². The first-order chi connectivity index (χ1) is 8.23. The number of alkyl halides is 3. The van der Waals surface area contributed by atoms with E-state index in [0.29, 0.717) is 12.8 Å². The number of fused-ring (bicyclic) bond motifs is 2. The van der Waals surface area contributed by atoms with E-state index in [9.17, 15) is 18.0 Å². The van der Waals surface area contributed by atoms with Crippen molar-refractivity contribution in [1.82, 2.24) is 10.2 Å². The average Bonchev–Trinajstić information content (AvgIpc) is 2.51. The number of hydrogen-bond donors (Lipinski definition) is 2. The lowest BCUT2D eigenvalue weighted by molar-refractivity contribution is -0.139. The zero-order chi connectivity index (χ0) is 13.6. The van der Waals surface area contributed by atoms with Gasteiger partial charge in [-0.15, -0.1) is 0 Å². The third kappa shape index (κ3) is 2.47. The van der Waals surface area contributed by atoms with Crippen LogP contribution in [0.15, 0.2) is 0 Å². The number of hydrogen-bond acceptors (Lipinski definition) is 3. The average molecular weight is 265 g/mol. The molecule has 2 saturated heterocycles. The van der Waals surface area contributed by atoms with Crippen LogP contribution in [-0.2, 0) is 4.79 Å². The van der Waals surface area contributed by atoms with Gasteiger partial charge in [0.2, 0.25) is 5.91 Å². The Balaban J connectivity index is 2.12. The number of rotatable bonds is 3. The Morgan fingerprint density at radius 1 is 1.39 bits per heavy atom. The lowest BCUT2D eigenvalue weighted by Gasteiger charge is -2.44. The Morgan fingerprint density at radius 3 is 2.28 bits per heavy atom. The monoisotopic (exact) mass is 265 g/mol. The number of piperidine rings is 1. The largest absolute Gasteiger partial charge is 0.401 e. The Kier molecular flexibility index (Phi) is 3.31. The van der Waals surface area contributed by atoms with Gasteiger partial charge in [0.05, 0.1) is 6.54 Å². The van der Waals surface area contributed by atoms with Crippen LogP contribution in [-0.4, -0.2) is 48.2 Å². The molecule has 2 rings (SSSR count). The van der Waals surface area contributed by atoms with Crippen LogP contribution in [0.3, 0.4) is 0 Å². The lowest BCUT2D eigenvalue weighted by Crippen LogP contribution is -2.64. The molecule has 7 heteroatoms. The van der Waals surface area contributed by atoms with Crippen LogP contribution in [0.25, 0.3) is 0 Å². The van der Waals surface area contributed by atoms with Gasteiger partial charge in [-0.05, 0) is 32.7 Å². The van der Waals surface area contributed by atoms with Gasteiger partial charge >= 0.3 is 6.18 Å². The molecule has 2 aliphatic heterocycles. The number of carbonyl (C=O) groups excluding carboxylic acids is 1. The molecule has 18 heavy (non-hydrogen) atoms. The standard InChI is InChI=1S/C11H18F3N3O/c1-17-7-2-3-8(17)5-10(4-7,9(15)18)16-6-11(12,13)14/h7-8,16H,2-6H2,1H3,(H2,15,18). The topological polar surface area (TPSA) is 58.4 Å². The first kappa shape index (κ1) is 13.6. The molecule has 3 N–H and O–H groups in total. The van der Waals surface area contributed by atoms with Crippen molar-refractivity contribution in [2.24, 2.45) is 5.73 Å². The third-order valence-electron chi connectivity index (χ3n) is 4.25. The van der Waals surface area contributed by atoms with Crippen LogP contribution in [0.2, 0.25) is 0 Å². The summed E-state index contributed by atoms with van der Waals surface area (Å²) in [4.78, 5) is 13.7. The van der Waals surface area contributed by atoms with E-state index in [1.807, 2.05) is 7.05 Å². The summed E-state index contributed by atoms with van der Waals surface area (Å²) < 4.78 is 36.9. The molecule has 1 amide bonds. The fourth-order valence-corrected chi connectivity index (χ4v) is 3.17. The van der Waals surface area contributed by atoms with E-state index in [1.54, 1.807) is 0 Å². The molecule has 0 saturated carbocycles. The van der Waals surface area contributed by atoms with Gasteiger partial charge < -0.3 is 10.6 Å². The van der Waals surface area contributed by atoms with Crippen molar-refractivity contribution in [3.63, 3.8) is 0 Å². The molecule has 0 aliphatic carbocycles. The first-order valence-corrected chi connectivity index (χ1v) is 6.07. The molecule has 2 fully saturated rings. The highest BCUT2D eigenvalue weighted by atomic mass is 19.4. The van der Waals surface area contributed by atoms with Crippen LogP contribution >= 0.6 is 0 Å². The van der Waals surface area contributed by atoms with Crippen molar-refractivity contribution in [3.05, 3.63) is 0 Å². The highest BCUT2D eigenvalue weighted by Gasteiger charge is 2.51. The number of primary amides is 1. The lowest BCUT2D eigenvalue weighted by atomic mass is 9.82. The van der Waals surface area contributed by atoms with Crippen molar-refractivity contribution >= 4 is 5.91 Å². The molecule has 0 aromatic rings. The maximum absolute atomic E-state index is 12.3. The molecule has 2 bridgehead atoms. The van der Waals surface area contributed by atoms with Gasteiger partial charge in [-0.3, -0.25) is 10.1 Å². The van der Waals surface area contributed by atoms with Crippen LogP contribution in [0, 0.1) is 0 Å². The fraction of sp³-hybridized carbons (Fsp3) is 0.909. The quantitative estimate of drug-likeness (QED) is 0.786. The summed E-state index contributed by atoms with van der Waals surface area (Å²) in [5.74, 6) is -0.670. The van der Waals surface area contributed by atoms with Gasteiger partial charge in [0.25, 0.3) is 0 Å². The molecule has 0 aromatic carbocycles. The Morgan fingerprint density at radius 2 is 1.89 bits per heavy atom. The summed E-state index contributed by atoms with van der Waals surface area (Å²) in [6.45, 7) is -1.17. The second-order valence-electron chi connectivity index (χ2n) is 5.37. The molecule has 104 valence electrons. The van der Waals surface area contributed by atoms with E-state index in [1.165, 1.54) is 0 Å². The number of amides is 1. The molecule has 2 heterocycles. The Hall–Kier alpha value is -0.820. The second kappa shape index (κ2) is 4.38. The summed E-state index contributed by atoms with van der Waals surface area (Å²) in [5.41, 5.74) is 4.14. The first-order valence-electron chi connectivity index (χ1n) is 6.07. The predicted molar refractivity (Wildman–Crippen MR) is 59.8 cm³/mol. The molecule has 0 radical (unpaired) electrons. The SMILES string of the molecule is CN1C2CCC1CC(NCC(F)(F)F)(C(N)=O)C2. The van der Waals surface area contributed by atoms with Gasteiger partial charge in [-0.2, -0.15) is 13.2 Å². The van der Waals surface area contributed by atoms with Crippen molar-refractivity contribution in [1.29, 1.82) is 0 Å². The minimum Gasteiger partial charge on any atom is -0.368 e. The van der Waals surface area contributed by atoms with E-state index in [0.717, 1.165) is 12.8 Å². The second-order valence-corrected chi connectivity index (χ2v) is 5.37. The van der Waals surface area contributed by atoms with Gasteiger partial charge in [-0.25, -0.2) is 0 Å². The maximum Gasteiger partial charge on any atom is 0.401 e. The maximum atomic E-state index is 12.3. The summed E-state index contributed by atoms with van der Waals surface area (Å²) in [6.07, 6.45) is -1.75. The molecular weight excluding hydrogens is 247 g/mol. The third-order valence-corrected chi connectivity index (χ3v) is 4.25. The van der Waals surface area contributed by atoms with E-state index in [4.69, 9.17) is 5.73 Å². The van der Waals surface area contributed by atoms with E-state index in [2.05, 4.69) is 10.2 Å². The number of nitrogens with two attached hydrogens (primary N) is 1. The van der Waals surface area contributed by atoms with Gasteiger partial charge in [0, 0.05) is 12.1 Å². The molecule has 0 spiro atoms. The smallest absolute Gasteiger partial charge is 0.368 e. The van der Waals surface area contributed by atoms with Crippen LogP contribution < -0.4 is 11.1 Å². The zero-order valence-corrected chi connectivity index (χ0v) is 10.3. The number of carbonyl (C=O) groups is 1. The molecular formula is C11H18F3N3O. The number of nitrogens with zero attached hydrogens (tertiary/aromatic N) is 1. The number of nitrogens with one attached hydrogen (secondary N) is 1. The molecule has 4 nitrogen and oxygen atoms in total. The molecule has 2 atom stereocenters. The Bertz CT molecular complexity index is 331. The molecule has 0 aromatic heterocycles. The van der Waals surface area contributed by atoms with Gasteiger partial charge in [0.15, 0.2) is 0 Å². The van der Waals surface area contributed by atoms with Crippen molar-refractivity contribution in [2.75, 3.05) is 13.6 Å². The highest BCUT2D eigenvalue weighted by Crippen LogP contribution is 2.39. The Labute approximate surface area is 104 Å². The highest BCUT2D eigenvalue weighted by molar-refractivity contribution is 5.85. The summed E-state index contributed by atoms with van der Waals surface area (Å²) in [7, 11) is 1.96. The van der Waals surface area contributed by atoms with E-state index in [-0.39, 0.29) is 12.1 Å². The van der Waals surface area contributed by atoms with Gasteiger partial charge in [0.1, 0.15) is 5.54 Å². The van der Waals surface area contributed by atoms with Crippen LogP contribution in [0.4, 0.5) is 13.2 Å². The van der Waals surface area contributed by atoms with E-state index >= 15 is 0 Å². The predicted octanol–water partition coefficient (Wildman–Crippen LogP) is 0.619. The van der Waals surface area contributed by atoms with Crippen molar-refractivity contribution in [3.8, 4) is 0 Å². The molecule has 2 aliphatic rings. The van der Waals surface area contributed by atoms with Crippen LogP contribution in [0.1, 0.15) is 25.7 Å². The summed E-state index contributed by atoms with van der Waals surface area (Å²) in [6, 6.07) is 0.300. The van der Waals surface area contributed by atoms with Crippen molar-refractivity contribution in [2.45, 2.75) is 49.5 Å². The minimum atomic E-state index is -4.33. The number of halogens is 3. The van der Waals surface area contributed by atoms with Crippen LogP contribution in [0.5, 0.6) is 0 Å². The summed E-state index contributed by atoms with van der Waals surface area (Å²) in [5, 5.41) is 2.37. The minimum absolute atomic E-state index is 0.150. The molecule has 2 unspecified atom stereocenters.